The molecule has 0 saturated heterocycles. The van der Waals surface area contributed by atoms with Crippen LogP contribution >= 0.6 is 11.6 Å². The Morgan fingerprint density at radius 1 is 1.14 bits per heavy atom. The van der Waals surface area contributed by atoms with Crippen molar-refractivity contribution in [2.24, 2.45) is 17.8 Å². The number of sulfonamides is 1. The van der Waals surface area contributed by atoms with E-state index >= 15 is 0 Å². The second kappa shape index (κ2) is 11.5. The number of nitrogens with zero attached hydrogens (tertiary/aromatic N) is 1. The molecule has 13 heteroatoms. The van der Waals surface area contributed by atoms with Gasteiger partial charge in [-0.2, -0.15) is 0 Å². The molecule has 4 amide bonds. The standard InChI is InChI=1S/C29H37ClN4O7S/c1-28(11-12-28)42(39,40)33-26(37)29-17-18(29)8-5-3-4-6-13-34(2)25(36)23-16-21(15-22(23)24(35)32-29)41-27(38)31-20-10-7-9-19(30)14-20/h5,7-10,14,18,21-23H,3-4,6,11-13,15-17H2,1-2H3,(H,31,38)(H,32,35)(H,33,37)/b8-5-/t18-,21+,22-,23-,29+/m0/s1. The number of nitrogens with one attached hydrogen (secondary N) is 3. The summed E-state index contributed by atoms with van der Waals surface area (Å²) in [7, 11) is -2.23. The van der Waals surface area contributed by atoms with Gasteiger partial charge in [0.15, 0.2) is 0 Å². The molecular weight excluding hydrogens is 584 g/mol. The zero-order chi connectivity index (χ0) is 30.3. The molecule has 0 unspecified atom stereocenters. The van der Waals surface area contributed by atoms with Crippen molar-refractivity contribution in [3.05, 3.63) is 41.4 Å². The summed E-state index contributed by atoms with van der Waals surface area (Å²) >= 11 is 5.99. The molecule has 4 aliphatic rings. The molecule has 3 fully saturated rings. The number of fused-ring (bicyclic) bond motifs is 2. The van der Waals surface area contributed by atoms with Crippen LogP contribution in [0.5, 0.6) is 0 Å². The maximum atomic E-state index is 13.8. The van der Waals surface area contributed by atoms with Crippen LogP contribution in [0.15, 0.2) is 36.4 Å². The number of amides is 4. The van der Waals surface area contributed by atoms with Crippen LogP contribution in [0.1, 0.15) is 58.3 Å². The first-order valence-electron chi connectivity index (χ1n) is 14.4. The van der Waals surface area contributed by atoms with E-state index in [4.69, 9.17) is 16.3 Å². The third-order valence-electron chi connectivity index (χ3n) is 8.97. The van der Waals surface area contributed by atoms with Gasteiger partial charge in [-0.15, -0.1) is 0 Å². The van der Waals surface area contributed by atoms with E-state index in [9.17, 15) is 27.6 Å². The predicted molar refractivity (Wildman–Crippen MR) is 156 cm³/mol. The summed E-state index contributed by atoms with van der Waals surface area (Å²) in [6.45, 7) is 2.11. The van der Waals surface area contributed by atoms with Crippen LogP contribution in [0, 0.1) is 17.8 Å². The fraction of sp³-hybridized carbons (Fsp3) is 0.586. The molecule has 3 saturated carbocycles. The van der Waals surface area contributed by atoms with Crippen molar-refractivity contribution in [1.82, 2.24) is 14.9 Å². The molecule has 3 N–H and O–H groups in total. The van der Waals surface area contributed by atoms with Gasteiger partial charge in [-0.3, -0.25) is 24.4 Å². The Hall–Kier alpha value is -3.12. The number of allylic oxidation sites excluding steroid dienone is 1. The molecule has 0 spiro atoms. The highest BCUT2D eigenvalue weighted by Crippen LogP contribution is 2.48. The maximum absolute atomic E-state index is 13.8. The van der Waals surface area contributed by atoms with Crippen molar-refractivity contribution in [3.63, 3.8) is 0 Å². The molecule has 11 nitrogen and oxygen atoms in total. The zero-order valence-electron chi connectivity index (χ0n) is 23.7. The largest absolute Gasteiger partial charge is 0.446 e. The lowest BCUT2D eigenvalue weighted by molar-refractivity contribution is -0.140. The lowest BCUT2D eigenvalue weighted by atomic mass is 9.93. The number of ether oxygens (including phenoxy) is 1. The first-order chi connectivity index (χ1) is 19.8. The SMILES string of the molecule is CN1CCCC/C=C\[C@H]2C[C@@]2(C(=O)NS(=O)(=O)C2(C)CC2)NC(=O)[C@H]2C[C@@H](OC(=O)Nc3cccc(Cl)c3)C[C@@H]2C1=O. The summed E-state index contributed by atoms with van der Waals surface area (Å²) in [6.07, 6.45) is 6.03. The first-order valence-corrected chi connectivity index (χ1v) is 16.2. The van der Waals surface area contributed by atoms with E-state index in [1.165, 1.54) is 0 Å². The van der Waals surface area contributed by atoms with Crippen molar-refractivity contribution < 1.29 is 32.3 Å². The molecule has 5 atom stereocenters. The van der Waals surface area contributed by atoms with Crippen LogP contribution in [0.2, 0.25) is 5.02 Å². The van der Waals surface area contributed by atoms with E-state index < -0.39 is 56.2 Å². The van der Waals surface area contributed by atoms with Gasteiger partial charge in [-0.05, 0) is 76.5 Å². The number of hydrogen-bond acceptors (Lipinski definition) is 7. The molecule has 5 rings (SSSR count). The molecule has 0 radical (unpaired) electrons. The van der Waals surface area contributed by atoms with E-state index in [0.717, 1.165) is 19.3 Å². The number of anilines is 1. The number of halogens is 1. The second-order valence-electron chi connectivity index (χ2n) is 12.2. The van der Waals surface area contributed by atoms with Gasteiger partial charge in [0, 0.05) is 30.2 Å². The van der Waals surface area contributed by atoms with Gasteiger partial charge in [0.1, 0.15) is 11.6 Å². The molecule has 0 aromatic heterocycles. The van der Waals surface area contributed by atoms with Crippen LogP contribution in [-0.2, 0) is 29.1 Å². The fourth-order valence-corrected chi connectivity index (χ4v) is 7.36. The van der Waals surface area contributed by atoms with Crippen LogP contribution in [0.25, 0.3) is 0 Å². The van der Waals surface area contributed by atoms with Crippen molar-refractivity contribution >= 4 is 51.1 Å². The van der Waals surface area contributed by atoms with E-state index in [1.54, 1.807) is 43.1 Å². The topological polar surface area (TPSA) is 151 Å². The van der Waals surface area contributed by atoms with E-state index in [-0.39, 0.29) is 31.1 Å². The van der Waals surface area contributed by atoms with Gasteiger partial charge in [0.25, 0.3) is 5.91 Å². The number of carbonyl (C=O) groups is 4. The average Bonchev–Trinajstić information content (AvgIpc) is 3.80. The third kappa shape index (κ3) is 6.29. The number of benzene rings is 1. The summed E-state index contributed by atoms with van der Waals surface area (Å²) in [5.41, 5.74) is -0.994. The Morgan fingerprint density at radius 2 is 1.88 bits per heavy atom. The van der Waals surface area contributed by atoms with Gasteiger partial charge in [0.2, 0.25) is 21.8 Å². The minimum absolute atomic E-state index is 0.0770. The number of hydrogen-bond donors (Lipinski definition) is 3. The molecular formula is C29H37ClN4O7S. The van der Waals surface area contributed by atoms with E-state index in [1.807, 2.05) is 12.2 Å². The zero-order valence-corrected chi connectivity index (χ0v) is 25.3. The predicted octanol–water partition coefficient (Wildman–Crippen LogP) is 3.36. The van der Waals surface area contributed by atoms with Gasteiger partial charge in [-0.1, -0.05) is 29.8 Å². The maximum Gasteiger partial charge on any atom is 0.411 e. The smallest absolute Gasteiger partial charge is 0.411 e. The summed E-state index contributed by atoms with van der Waals surface area (Å²) < 4.78 is 32.6. The normalized spacial score (nSPS) is 31.5. The Labute approximate surface area is 250 Å². The average molecular weight is 621 g/mol. The Kier molecular flexibility index (Phi) is 8.32. The van der Waals surface area contributed by atoms with Gasteiger partial charge >= 0.3 is 6.09 Å². The van der Waals surface area contributed by atoms with Crippen molar-refractivity contribution in [2.75, 3.05) is 18.9 Å². The Balaban J connectivity index is 1.35. The molecule has 228 valence electrons. The highest BCUT2D eigenvalue weighted by atomic mass is 35.5. The number of rotatable bonds is 5. The van der Waals surface area contributed by atoms with Gasteiger partial charge in [0.05, 0.1) is 16.6 Å². The summed E-state index contributed by atoms with van der Waals surface area (Å²) in [5, 5.41) is 5.88. The molecule has 42 heavy (non-hydrogen) atoms. The molecule has 1 heterocycles. The minimum Gasteiger partial charge on any atom is -0.446 e. The fourth-order valence-electron chi connectivity index (χ4n) is 5.86. The van der Waals surface area contributed by atoms with Crippen LogP contribution in [-0.4, -0.2) is 67.1 Å². The van der Waals surface area contributed by atoms with Crippen molar-refractivity contribution in [1.29, 1.82) is 0 Å². The van der Waals surface area contributed by atoms with Crippen LogP contribution in [0.4, 0.5) is 10.5 Å². The van der Waals surface area contributed by atoms with Crippen molar-refractivity contribution in [3.8, 4) is 0 Å². The third-order valence-corrected chi connectivity index (χ3v) is 11.4. The Morgan fingerprint density at radius 3 is 2.60 bits per heavy atom. The lowest BCUT2D eigenvalue weighted by Crippen LogP contribution is -2.55. The Bertz CT molecular complexity index is 1410. The summed E-state index contributed by atoms with van der Waals surface area (Å²) in [5.74, 6) is -3.57. The molecule has 0 bridgehead atoms. The minimum atomic E-state index is -3.92. The second-order valence-corrected chi connectivity index (χ2v) is 14.8. The quantitative estimate of drug-likeness (QED) is 0.427. The number of carbonyl (C=O) groups excluding carboxylic acids is 4. The highest BCUT2D eigenvalue weighted by molar-refractivity contribution is 7.91. The van der Waals surface area contributed by atoms with Crippen LogP contribution in [0.3, 0.4) is 0 Å². The molecule has 1 aromatic rings. The van der Waals surface area contributed by atoms with Gasteiger partial charge in [-0.25, -0.2) is 13.2 Å². The monoisotopic (exact) mass is 620 g/mol. The summed E-state index contributed by atoms with van der Waals surface area (Å²) in [4.78, 5) is 55.0. The lowest BCUT2D eigenvalue weighted by Gasteiger charge is -2.27. The molecule has 1 aromatic carbocycles. The van der Waals surface area contributed by atoms with E-state index in [0.29, 0.717) is 30.1 Å². The van der Waals surface area contributed by atoms with Gasteiger partial charge < -0.3 is 15.0 Å². The highest BCUT2D eigenvalue weighted by Gasteiger charge is 2.63. The van der Waals surface area contributed by atoms with Crippen molar-refractivity contribution in [2.45, 2.75) is 74.7 Å². The first kappa shape index (κ1) is 30.3. The molecule has 1 aliphatic heterocycles. The molecule has 3 aliphatic carbocycles. The summed E-state index contributed by atoms with van der Waals surface area (Å²) in [6, 6.07) is 6.57. The van der Waals surface area contributed by atoms with Crippen LogP contribution < -0.4 is 15.4 Å². The van der Waals surface area contributed by atoms with E-state index in [2.05, 4.69) is 15.4 Å².